The largest absolute Gasteiger partial charge is 0.492 e. The van der Waals surface area contributed by atoms with E-state index in [1.165, 1.54) is 19.3 Å². The lowest BCUT2D eigenvalue weighted by Gasteiger charge is -2.16. The Labute approximate surface area is 124 Å². The summed E-state index contributed by atoms with van der Waals surface area (Å²) in [6, 6.07) is 6.57. The highest BCUT2D eigenvalue weighted by molar-refractivity contribution is 6.16. The lowest BCUT2D eigenvalue weighted by Crippen LogP contribution is -2.09. The number of alkyl halides is 1. The second-order valence-electron chi connectivity index (χ2n) is 5.62. The molecule has 0 radical (unpaired) electrons. The average Bonchev–Trinajstić information content (AvgIpc) is 3.16. The van der Waals surface area contributed by atoms with Gasteiger partial charge >= 0.3 is 0 Å². The fourth-order valence-electron chi connectivity index (χ4n) is 2.94. The molecule has 0 N–H and O–H groups in total. The first-order valence-corrected chi connectivity index (χ1v) is 7.96. The molecule has 1 aliphatic carbocycles. The number of benzene rings is 1. The van der Waals surface area contributed by atoms with E-state index in [9.17, 15) is 0 Å². The van der Waals surface area contributed by atoms with Crippen molar-refractivity contribution < 1.29 is 4.74 Å². The van der Waals surface area contributed by atoms with Crippen molar-refractivity contribution in [2.45, 2.75) is 45.0 Å². The first kappa shape index (κ1) is 13.7. The molecule has 0 amide bonds. The predicted octanol–water partition coefficient (Wildman–Crippen LogP) is 4.53. The van der Waals surface area contributed by atoms with E-state index in [1.54, 1.807) is 0 Å². The number of rotatable bonds is 6. The summed E-state index contributed by atoms with van der Waals surface area (Å²) in [6.45, 7) is 4.91. The van der Waals surface area contributed by atoms with Gasteiger partial charge in [0.25, 0.3) is 0 Å². The Bertz CT molecular complexity index is 604. The summed E-state index contributed by atoms with van der Waals surface area (Å²) in [5, 5.41) is 0. The number of fused-ring (bicyclic) bond motifs is 1. The molecule has 4 heteroatoms. The van der Waals surface area contributed by atoms with Crippen LogP contribution in [0.3, 0.4) is 0 Å². The number of ether oxygens (including phenoxy) is 1. The maximum Gasteiger partial charge on any atom is 0.147 e. The van der Waals surface area contributed by atoms with E-state index in [2.05, 4.69) is 17.6 Å². The molecule has 1 unspecified atom stereocenters. The molecular formula is C16H21ClN2O. The Morgan fingerprint density at radius 1 is 1.45 bits per heavy atom. The summed E-state index contributed by atoms with van der Waals surface area (Å²) in [7, 11) is 0. The fourth-order valence-corrected chi connectivity index (χ4v) is 3.13. The molecule has 0 bridgehead atoms. The molecule has 2 aromatic rings. The van der Waals surface area contributed by atoms with Crippen molar-refractivity contribution in [1.29, 1.82) is 0 Å². The van der Waals surface area contributed by atoms with Crippen LogP contribution in [0.4, 0.5) is 0 Å². The standard InChI is InChI=1S/C16H21ClN2O/c1-3-20-14-6-4-5-13-16(14)18-15(10-17)19(13)11(2)9-12-7-8-12/h4-6,11-12H,3,7-10H2,1-2H3. The highest BCUT2D eigenvalue weighted by Gasteiger charge is 2.26. The van der Waals surface area contributed by atoms with Crippen molar-refractivity contribution in [1.82, 2.24) is 9.55 Å². The van der Waals surface area contributed by atoms with Gasteiger partial charge in [-0.05, 0) is 38.3 Å². The van der Waals surface area contributed by atoms with Crippen molar-refractivity contribution in [2.24, 2.45) is 5.92 Å². The van der Waals surface area contributed by atoms with Gasteiger partial charge in [-0.25, -0.2) is 4.98 Å². The second-order valence-corrected chi connectivity index (χ2v) is 5.88. The Morgan fingerprint density at radius 2 is 2.25 bits per heavy atom. The van der Waals surface area contributed by atoms with E-state index in [0.717, 1.165) is 28.5 Å². The number of aromatic nitrogens is 2. The summed E-state index contributed by atoms with van der Waals surface area (Å²) in [5.41, 5.74) is 2.08. The van der Waals surface area contributed by atoms with Crippen LogP contribution in [0, 0.1) is 5.92 Å². The van der Waals surface area contributed by atoms with Crippen LogP contribution in [0.5, 0.6) is 5.75 Å². The third-order valence-electron chi connectivity index (χ3n) is 3.99. The van der Waals surface area contributed by atoms with E-state index in [4.69, 9.17) is 21.3 Å². The summed E-state index contributed by atoms with van der Waals surface area (Å²) in [5.74, 6) is 3.13. The number of nitrogens with zero attached hydrogens (tertiary/aromatic N) is 2. The number of halogens is 1. The molecule has 0 saturated heterocycles. The molecule has 108 valence electrons. The minimum atomic E-state index is 0.440. The summed E-state index contributed by atoms with van der Waals surface area (Å²) >= 11 is 6.11. The van der Waals surface area contributed by atoms with E-state index < -0.39 is 0 Å². The molecule has 1 aliphatic rings. The Kier molecular flexibility index (Phi) is 3.88. The van der Waals surface area contributed by atoms with Crippen LogP contribution >= 0.6 is 11.6 Å². The smallest absolute Gasteiger partial charge is 0.147 e. The number of imidazole rings is 1. The van der Waals surface area contributed by atoms with Crippen LogP contribution in [0.2, 0.25) is 0 Å². The van der Waals surface area contributed by atoms with Crippen LogP contribution in [0.25, 0.3) is 11.0 Å². The highest BCUT2D eigenvalue weighted by Crippen LogP contribution is 2.39. The van der Waals surface area contributed by atoms with Gasteiger partial charge in [-0.2, -0.15) is 0 Å². The Morgan fingerprint density at radius 3 is 2.90 bits per heavy atom. The number of para-hydroxylation sites is 1. The third kappa shape index (κ3) is 2.51. The van der Waals surface area contributed by atoms with Crippen LogP contribution in [-0.4, -0.2) is 16.2 Å². The van der Waals surface area contributed by atoms with E-state index >= 15 is 0 Å². The summed E-state index contributed by atoms with van der Waals surface area (Å²) in [4.78, 5) is 4.70. The van der Waals surface area contributed by atoms with Gasteiger partial charge in [0.15, 0.2) is 0 Å². The van der Waals surface area contributed by atoms with Crippen molar-refractivity contribution in [3.8, 4) is 5.75 Å². The lowest BCUT2D eigenvalue weighted by atomic mass is 10.1. The normalized spacial score (nSPS) is 16.6. The van der Waals surface area contributed by atoms with E-state index in [-0.39, 0.29) is 0 Å². The predicted molar refractivity (Wildman–Crippen MR) is 82.5 cm³/mol. The van der Waals surface area contributed by atoms with Gasteiger partial charge in [-0.15, -0.1) is 11.6 Å². The Balaban J connectivity index is 2.06. The molecule has 1 fully saturated rings. The average molecular weight is 293 g/mol. The zero-order valence-corrected chi connectivity index (χ0v) is 12.9. The van der Waals surface area contributed by atoms with Crippen molar-refractivity contribution >= 4 is 22.6 Å². The molecule has 3 nitrogen and oxygen atoms in total. The molecular weight excluding hydrogens is 272 g/mol. The number of hydrogen-bond donors (Lipinski definition) is 0. The Hall–Kier alpha value is -1.22. The van der Waals surface area contributed by atoms with Crippen LogP contribution in [0.15, 0.2) is 18.2 Å². The number of hydrogen-bond acceptors (Lipinski definition) is 2. The minimum Gasteiger partial charge on any atom is -0.492 e. The zero-order valence-electron chi connectivity index (χ0n) is 12.1. The van der Waals surface area contributed by atoms with Gasteiger partial charge in [-0.1, -0.05) is 18.9 Å². The molecule has 1 aromatic carbocycles. The maximum atomic E-state index is 6.11. The van der Waals surface area contributed by atoms with Crippen LogP contribution in [-0.2, 0) is 5.88 Å². The van der Waals surface area contributed by atoms with Gasteiger partial charge in [0.2, 0.25) is 0 Å². The molecule has 0 aliphatic heterocycles. The molecule has 1 heterocycles. The van der Waals surface area contributed by atoms with Gasteiger partial charge in [0.05, 0.1) is 18.0 Å². The van der Waals surface area contributed by atoms with E-state index in [1.807, 2.05) is 19.1 Å². The summed E-state index contributed by atoms with van der Waals surface area (Å²) < 4.78 is 7.98. The fraction of sp³-hybridized carbons (Fsp3) is 0.562. The first-order chi connectivity index (χ1) is 9.74. The lowest BCUT2D eigenvalue weighted by molar-refractivity contribution is 0.343. The van der Waals surface area contributed by atoms with Gasteiger partial charge < -0.3 is 9.30 Å². The second kappa shape index (κ2) is 5.65. The van der Waals surface area contributed by atoms with Gasteiger partial charge in [0.1, 0.15) is 17.1 Å². The van der Waals surface area contributed by atoms with Crippen molar-refractivity contribution in [3.05, 3.63) is 24.0 Å². The van der Waals surface area contributed by atoms with Gasteiger partial charge in [0, 0.05) is 6.04 Å². The van der Waals surface area contributed by atoms with Crippen molar-refractivity contribution in [3.63, 3.8) is 0 Å². The van der Waals surface area contributed by atoms with Crippen LogP contribution < -0.4 is 4.74 Å². The molecule has 20 heavy (non-hydrogen) atoms. The van der Waals surface area contributed by atoms with Gasteiger partial charge in [-0.3, -0.25) is 0 Å². The quantitative estimate of drug-likeness (QED) is 0.731. The zero-order chi connectivity index (χ0) is 14.1. The maximum absolute atomic E-state index is 6.11. The SMILES string of the molecule is CCOc1cccc2c1nc(CCl)n2C(C)CC1CC1. The minimum absolute atomic E-state index is 0.440. The van der Waals surface area contributed by atoms with Crippen LogP contribution in [0.1, 0.15) is 45.0 Å². The topological polar surface area (TPSA) is 27.1 Å². The molecule has 0 spiro atoms. The first-order valence-electron chi connectivity index (χ1n) is 7.43. The molecule has 1 aromatic heterocycles. The highest BCUT2D eigenvalue weighted by atomic mass is 35.5. The monoisotopic (exact) mass is 292 g/mol. The molecule has 3 rings (SSSR count). The summed E-state index contributed by atoms with van der Waals surface area (Å²) in [6.07, 6.45) is 3.96. The third-order valence-corrected chi connectivity index (χ3v) is 4.23. The van der Waals surface area contributed by atoms with E-state index in [0.29, 0.717) is 18.5 Å². The molecule has 1 saturated carbocycles. The molecule has 1 atom stereocenters. The van der Waals surface area contributed by atoms with Crippen molar-refractivity contribution in [2.75, 3.05) is 6.61 Å².